The van der Waals surface area contributed by atoms with E-state index in [-0.39, 0.29) is 16.4 Å². The Hall–Kier alpha value is -3.34. The molecule has 4 N–H and O–H groups in total. The molecule has 10 heteroatoms. The fourth-order valence-electron chi connectivity index (χ4n) is 3.19. The number of nitrogen functional groups attached to an aromatic ring is 1. The summed E-state index contributed by atoms with van der Waals surface area (Å²) in [7, 11) is -3.71. The molecule has 2 aromatic carbocycles. The fourth-order valence-corrected chi connectivity index (χ4v) is 4.57. The number of aryl methyl sites for hydroxylation is 1. The van der Waals surface area contributed by atoms with E-state index in [1.807, 2.05) is 31.2 Å². The van der Waals surface area contributed by atoms with E-state index < -0.39 is 21.5 Å². The highest BCUT2D eigenvalue weighted by molar-refractivity contribution is 7.89. The van der Waals surface area contributed by atoms with E-state index in [2.05, 4.69) is 20.0 Å². The number of hydrogen-bond donors (Lipinski definition) is 3. The highest BCUT2D eigenvalue weighted by Crippen LogP contribution is 2.22. The smallest absolute Gasteiger partial charge is 0.278 e. The van der Waals surface area contributed by atoms with Crippen LogP contribution in [0, 0.1) is 6.92 Å². The van der Waals surface area contributed by atoms with Crippen LogP contribution >= 0.6 is 0 Å². The quantitative estimate of drug-likeness (QED) is 0.521. The van der Waals surface area contributed by atoms with Crippen LogP contribution in [0.4, 0.5) is 11.5 Å². The van der Waals surface area contributed by atoms with Gasteiger partial charge in [-0.1, -0.05) is 29.8 Å². The highest BCUT2D eigenvalue weighted by atomic mass is 32.2. The standard InChI is InChI=1S/C22H23N5O4S/c1-14-3-5-15(6-4-14)18-11-24-20(23)19(26-18)21(28)25-16-7-9-17(10-8-16)32(29,30)27-22(2)12-31-13-22/h3-11,27H,12-13H2,1-2H3,(H2,23,24)(H,25,28). The van der Waals surface area contributed by atoms with Crippen LogP contribution in [0.5, 0.6) is 0 Å². The molecule has 0 unspecified atom stereocenters. The number of ether oxygens (including phenoxy) is 1. The van der Waals surface area contributed by atoms with Crippen molar-refractivity contribution >= 4 is 27.4 Å². The van der Waals surface area contributed by atoms with Gasteiger partial charge >= 0.3 is 0 Å². The minimum Gasteiger partial charge on any atom is -0.382 e. The van der Waals surface area contributed by atoms with Gasteiger partial charge in [0.25, 0.3) is 5.91 Å². The lowest BCUT2D eigenvalue weighted by molar-refractivity contribution is -0.0523. The zero-order valence-corrected chi connectivity index (χ0v) is 18.4. The maximum atomic E-state index is 12.8. The molecule has 1 aromatic heterocycles. The number of rotatable bonds is 6. The zero-order valence-electron chi connectivity index (χ0n) is 17.6. The van der Waals surface area contributed by atoms with Crippen LogP contribution in [0.2, 0.25) is 0 Å². The Labute approximate surface area is 186 Å². The number of carbonyl (C=O) groups excluding carboxylic acids is 1. The van der Waals surface area contributed by atoms with Gasteiger partial charge in [-0.3, -0.25) is 4.79 Å². The van der Waals surface area contributed by atoms with Crippen LogP contribution in [0.3, 0.4) is 0 Å². The molecule has 1 fully saturated rings. The lowest BCUT2D eigenvalue weighted by Gasteiger charge is -2.38. The topological polar surface area (TPSA) is 136 Å². The molecule has 1 aliphatic heterocycles. The van der Waals surface area contributed by atoms with Crippen LogP contribution in [0.15, 0.2) is 59.6 Å². The van der Waals surface area contributed by atoms with Gasteiger partial charge in [-0.25, -0.2) is 23.1 Å². The van der Waals surface area contributed by atoms with Crippen molar-refractivity contribution in [2.24, 2.45) is 0 Å². The highest BCUT2D eigenvalue weighted by Gasteiger charge is 2.37. The second kappa shape index (κ2) is 8.30. The summed E-state index contributed by atoms with van der Waals surface area (Å²) in [6, 6.07) is 13.5. The third-order valence-electron chi connectivity index (χ3n) is 5.01. The Kier molecular flexibility index (Phi) is 5.68. The van der Waals surface area contributed by atoms with Crippen molar-refractivity contribution in [1.29, 1.82) is 0 Å². The molecular formula is C22H23N5O4S. The average Bonchev–Trinajstić information content (AvgIpc) is 2.74. The van der Waals surface area contributed by atoms with Crippen molar-refractivity contribution in [3.8, 4) is 11.3 Å². The van der Waals surface area contributed by atoms with Crippen molar-refractivity contribution in [3.63, 3.8) is 0 Å². The van der Waals surface area contributed by atoms with E-state index in [0.717, 1.165) is 11.1 Å². The van der Waals surface area contributed by atoms with Gasteiger partial charge in [-0.05, 0) is 38.1 Å². The van der Waals surface area contributed by atoms with Gasteiger partial charge in [-0.2, -0.15) is 0 Å². The molecule has 0 saturated carbocycles. The molecule has 1 saturated heterocycles. The van der Waals surface area contributed by atoms with Crippen LogP contribution in [0.1, 0.15) is 23.0 Å². The van der Waals surface area contributed by atoms with E-state index in [0.29, 0.717) is 24.6 Å². The van der Waals surface area contributed by atoms with E-state index in [9.17, 15) is 13.2 Å². The van der Waals surface area contributed by atoms with Gasteiger partial charge in [0.05, 0.1) is 35.5 Å². The second-order valence-corrected chi connectivity index (χ2v) is 9.67. The molecule has 4 rings (SSSR count). The first-order chi connectivity index (χ1) is 15.2. The number of aromatic nitrogens is 2. The molecule has 166 valence electrons. The Morgan fingerprint density at radius 1 is 1.09 bits per heavy atom. The molecule has 0 bridgehead atoms. The molecule has 0 spiro atoms. The number of nitrogens with zero attached hydrogens (tertiary/aromatic N) is 2. The number of benzene rings is 2. The summed E-state index contributed by atoms with van der Waals surface area (Å²) < 4.78 is 32.8. The molecule has 9 nitrogen and oxygen atoms in total. The SMILES string of the molecule is Cc1ccc(-c2cnc(N)c(C(=O)Nc3ccc(S(=O)(=O)NC4(C)COC4)cc3)n2)cc1. The van der Waals surface area contributed by atoms with Crippen LogP contribution < -0.4 is 15.8 Å². The Morgan fingerprint density at radius 3 is 2.34 bits per heavy atom. The Bertz CT molecular complexity index is 1250. The van der Waals surface area contributed by atoms with Crippen LogP contribution in [-0.4, -0.2) is 43.0 Å². The van der Waals surface area contributed by atoms with Gasteiger partial charge in [0.2, 0.25) is 10.0 Å². The van der Waals surface area contributed by atoms with Gasteiger partial charge in [0, 0.05) is 11.3 Å². The predicted molar refractivity (Wildman–Crippen MR) is 121 cm³/mol. The summed E-state index contributed by atoms with van der Waals surface area (Å²) in [5.74, 6) is -0.547. The maximum Gasteiger partial charge on any atom is 0.278 e. The van der Waals surface area contributed by atoms with Crippen molar-refractivity contribution < 1.29 is 17.9 Å². The number of nitrogens with two attached hydrogens (primary N) is 1. The first-order valence-corrected chi connectivity index (χ1v) is 11.4. The van der Waals surface area contributed by atoms with E-state index >= 15 is 0 Å². The van der Waals surface area contributed by atoms with Gasteiger partial charge in [-0.15, -0.1) is 0 Å². The van der Waals surface area contributed by atoms with E-state index in [1.165, 1.54) is 30.5 Å². The molecule has 2 heterocycles. The summed E-state index contributed by atoms with van der Waals surface area (Å²) in [6.07, 6.45) is 1.51. The lowest BCUT2D eigenvalue weighted by Crippen LogP contribution is -2.59. The van der Waals surface area contributed by atoms with Gasteiger partial charge in [0.1, 0.15) is 0 Å². The fraction of sp³-hybridized carbons (Fsp3) is 0.227. The van der Waals surface area contributed by atoms with E-state index in [1.54, 1.807) is 6.92 Å². The molecule has 1 amide bonds. The van der Waals surface area contributed by atoms with E-state index in [4.69, 9.17) is 10.5 Å². The maximum absolute atomic E-state index is 12.8. The zero-order chi connectivity index (χ0) is 22.9. The predicted octanol–water partition coefficient (Wildman–Crippen LogP) is 2.35. The Balaban J connectivity index is 1.50. The summed E-state index contributed by atoms with van der Waals surface area (Å²) in [5, 5.41) is 2.68. The lowest BCUT2D eigenvalue weighted by atomic mass is 10.0. The third-order valence-corrected chi connectivity index (χ3v) is 6.66. The number of amides is 1. The summed E-state index contributed by atoms with van der Waals surface area (Å²) in [4.78, 5) is 21.3. The number of anilines is 2. The van der Waals surface area contributed by atoms with Gasteiger partial charge in [0.15, 0.2) is 11.5 Å². The van der Waals surface area contributed by atoms with Crippen LogP contribution in [0.25, 0.3) is 11.3 Å². The number of sulfonamides is 1. The molecular weight excluding hydrogens is 430 g/mol. The normalized spacial score (nSPS) is 15.1. The minimum atomic E-state index is -3.71. The average molecular weight is 454 g/mol. The van der Waals surface area contributed by atoms with Crippen LogP contribution in [-0.2, 0) is 14.8 Å². The summed E-state index contributed by atoms with van der Waals surface area (Å²) in [5.41, 5.74) is 8.08. The van der Waals surface area contributed by atoms with Crippen molar-refractivity contribution in [2.75, 3.05) is 24.3 Å². The van der Waals surface area contributed by atoms with Gasteiger partial charge < -0.3 is 15.8 Å². The van der Waals surface area contributed by atoms with Crippen molar-refractivity contribution in [2.45, 2.75) is 24.3 Å². The molecule has 1 aliphatic rings. The Morgan fingerprint density at radius 2 is 1.75 bits per heavy atom. The first-order valence-electron chi connectivity index (χ1n) is 9.88. The third kappa shape index (κ3) is 4.62. The van der Waals surface area contributed by atoms with Crippen molar-refractivity contribution in [3.05, 3.63) is 66.0 Å². The number of hydrogen-bond acceptors (Lipinski definition) is 7. The number of carbonyl (C=O) groups is 1. The van der Waals surface area contributed by atoms with Crippen molar-refractivity contribution in [1.82, 2.24) is 14.7 Å². The molecule has 3 aromatic rings. The molecule has 0 aliphatic carbocycles. The monoisotopic (exact) mass is 453 g/mol. The number of nitrogens with one attached hydrogen (secondary N) is 2. The molecule has 0 radical (unpaired) electrons. The minimum absolute atomic E-state index is 0.00211. The summed E-state index contributed by atoms with van der Waals surface area (Å²) in [6.45, 7) is 4.40. The summed E-state index contributed by atoms with van der Waals surface area (Å²) >= 11 is 0. The largest absolute Gasteiger partial charge is 0.382 e. The first kappa shape index (κ1) is 21.9. The second-order valence-electron chi connectivity index (χ2n) is 7.99. The molecule has 0 atom stereocenters. The molecule has 32 heavy (non-hydrogen) atoms.